The summed E-state index contributed by atoms with van der Waals surface area (Å²) in [5.74, 6) is 1.35. The number of fused-ring (bicyclic) bond motifs is 1. The molecular weight excluding hydrogens is 354 g/mol. The van der Waals surface area contributed by atoms with Gasteiger partial charge in [0.1, 0.15) is 28.5 Å². The summed E-state index contributed by atoms with van der Waals surface area (Å²) in [6.07, 6.45) is 1.73. The molecule has 26 heavy (non-hydrogen) atoms. The number of furan rings is 1. The molecule has 0 amide bonds. The maximum absolute atomic E-state index is 11.7. The Balaban J connectivity index is 1.50. The SMILES string of the molecule is Cc1nnc2n1CC(C(=O)O)N(Cc1ccc(Sc3ccccn3)o1)C2. The van der Waals surface area contributed by atoms with Gasteiger partial charge in [-0.15, -0.1) is 10.2 Å². The standard InChI is InChI=1S/C17H17N5O3S/c1-11-19-20-14-10-21(13(17(23)24)9-22(11)14)8-12-5-6-16(25-12)26-15-4-2-3-7-18-15/h2-7,13H,8-10H2,1H3,(H,23,24). The van der Waals surface area contributed by atoms with Gasteiger partial charge in [0.15, 0.2) is 5.09 Å². The fraction of sp³-hybridized carbons (Fsp3) is 0.294. The summed E-state index contributed by atoms with van der Waals surface area (Å²) in [5.41, 5.74) is 0. The highest BCUT2D eigenvalue weighted by molar-refractivity contribution is 7.99. The minimum Gasteiger partial charge on any atom is -0.480 e. The van der Waals surface area contributed by atoms with Crippen LogP contribution in [0.5, 0.6) is 0 Å². The molecule has 1 atom stereocenters. The molecule has 3 aromatic heterocycles. The molecule has 0 radical (unpaired) electrons. The van der Waals surface area contributed by atoms with E-state index in [1.54, 1.807) is 6.20 Å². The van der Waals surface area contributed by atoms with Gasteiger partial charge in [-0.2, -0.15) is 0 Å². The average Bonchev–Trinajstić information content (AvgIpc) is 3.22. The number of carboxylic acids is 1. The van der Waals surface area contributed by atoms with Gasteiger partial charge in [-0.1, -0.05) is 6.07 Å². The predicted molar refractivity (Wildman–Crippen MR) is 92.5 cm³/mol. The smallest absolute Gasteiger partial charge is 0.322 e. The lowest BCUT2D eigenvalue weighted by Crippen LogP contribution is -2.47. The second-order valence-corrected chi connectivity index (χ2v) is 7.05. The number of pyridine rings is 1. The third-order valence-corrected chi connectivity index (χ3v) is 5.15. The molecule has 0 spiro atoms. The Morgan fingerprint density at radius 1 is 1.35 bits per heavy atom. The number of hydrogen-bond donors (Lipinski definition) is 1. The van der Waals surface area contributed by atoms with E-state index in [1.165, 1.54) is 11.8 Å². The Hall–Kier alpha value is -2.65. The van der Waals surface area contributed by atoms with Crippen LogP contribution in [-0.4, -0.2) is 41.8 Å². The summed E-state index contributed by atoms with van der Waals surface area (Å²) in [6.45, 7) is 2.98. The number of carboxylic acid groups (broad SMARTS) is 1. The zero-order chi connectivity index (χ0) is 18.1. The number of hydrogen-bond acceptors (Lipinski definition) is 7. The quantitative estimate of drug-likeness (QED) is 0.729. The first kappa shape index (κ1) is 16.8. The minimum absolute atomic E-state index is 0.333. The van der Waals surface area contributed by atoms with Crippen molar-refractivity contribution in [2.24, 2.45) is 0 Å². The Morgan fingerprint density at radius 2 is 2.23 bits per heavy atom. The van der Waals surface area contributed by atoms with E-state index in [1.807, 2.05) is 46.7 Å². The minimum atomic E-state index is -0.863. The van der Waals surface area contributed by atoms with E-state index >= 15 is 0 Å². The topological polar surface area (TPSA) is 97.3 Å². The summed E-state index contributed by atoms with van der Waals surface area (Å²) < 4.78 is 7.72. The van der Waals surface area contributed by atoms with Crippen LogP contribution in [0.15, 0.2) is 51.1 Å². The Bertz CT molecular complexity index is 924. The average molecular weight is 371 g/mol. The zero-order valence-corrected chi connectivity index (χ0v) is 14.9. The van der Waals surface area contributed by atoms with E-state index in [0.717, 1.165) is 21.8 Å². The van der Waals surface area contributed by atoms with Gasteiger partial charge in [0.25, 0.3) is 0 Å². The van der Waals surface area contributed by atoms with E-state index in [2.05, 4.69) is 15.2 Å². The molecule has 1 aliphatic rings. The van der Waals surface area contributed by atoms with Gasteiger partial charge in [0.2, 0.25) is 0 Å². The van der Waals surface area contributed by atoms with Crippen molar-refractivity contribution in [3.8, 4) is 0 Å². The van der Waals surface area contributed by atoms with Crippen LogP contribution >= 0.6 is 11.8 Å². The van der Waals surface area contributed by atoms with Crippen LogP contribution in [0, 0.1) is 6.92 Å². The van der Waals surface area contributed by atoms with Gasteiger partial charge in [-0.05, 0) is 43.0 Å². The lowest BCUT2D eigenvalue weighted by molar-refractivity contribution is -0.145. The van der Waals surface area contributed by atoms with Crippen LogP contribution in [0.1, 0.15) is 17.4 Å². The van der Waals surface area contributed by atoms with Crippen LogP contribution < -0.4 is 0 Å². The van der Waals surface area contributed by atoms with Crippen molar-refractivity contribution >= 4 is 17.7 Å². The number of rotatable bonds is 5. The summed E-state index contributed by atoms with van der Waals surface area (Å²) in [4.78, 5) is 17.8. The molecule has 0 aliphatic carbocycles. The highest BCUT2D eigenvalue weighted by atomic mass is 32.2. The Labute approximate surface area is 153 Å². The van der Waals surface area contributed by atoms with Gasteiger partial charge in [-0.3, -0.25) is 9.69 Å². The zero-order valence-electron chi connectivity index (χ0n) is 14.1. The molecule has 4 rings (SSSR count). The molecule has 8 nitrogen and oxygen atoms in total. The van der Waals surface area contributed by atoms with Gasteiger partial charge in [0.05, 0.1) is 19.6 Å². The fourth-order valence-corrected chi connectivity index (χ4v) is 3.72. The second-order valence-electron chi connectivity index (χ2n) is 6.02. The van der Waals surface area contributed by atoms with Gasteiger partial charge in [0, 0.05) is 6.20 Å². The molecule has 1 unspecified atom stereocenters. The van der Waals surface area contributed by atoms with Crippen molar-refractivity contribution in [1.29, 1.82) is 0 Å². The van der Waals surface area contributed by atoms with Crippen LogP contribution in [0.4, 0.5) is 0 Å². The maximum Gasteiger partial charge on any atom is 0.322 e. The third kappa shape index (κ3) is 3.35. The lowest BCUT2D eigenvalue weighted by Gasteiger charge is -2.32. The van der Waals surface area contributed by atoms with Crippen LogP contribution in [0.3, 0.4) is 0 Å². The summed E-state index contributed by atoms with van der Waals surface area (Å²) in [7, 11) is 0. The van der Waals surface area contributed by atoms with Crippen LogP contribution in [0.2, 0.25) is 0 Å². The van der Waals surface area contributed by atoms with Crippen molar-refractivity contribution in [2.45, 2.75) is 42.7 Å². The van der Waals surface area contributed by atoms with Crippen LogP contribution in [-0.2, 0) is 24.4 Å². The largest absolute Gasteiger partial charge is 0.480 e. The van der Waals surface area contributed by atoms with Crippen molar-refractivity contribution in [3.05, 3.63) is 53.9 Å². The van der Waals surface area contributed by atoms with E-state index < -0.39 is 12.0 Å². The van der Waals surface area contributed by atoms with Crippen LogP contribution in [0.25, 0.3) is 0 Å². The monoisotopic (exact) mass is 371 g/mol. The molecule has 0 aromatic carbocycles. The van der Waals surface area contributed by atoms with E-state index in [9.17, 15) is 9.90 Å². The second kappa shape index (κ2) is 6.93. The van der Waals surface area contributed by atoms with E-state index in [4.69, 9.17) is 4.42 Å². The molecular formula is C17H17N5O3S. The third-order valence-electron chi connectivity index (χ3n) is 4.28. The first-order chi connectivity index (χ1) is 12.6. The van der Waals surface area contributed by atoms with E-state index in [0.29, 0.717) is 25.4 Å². The fourth-order valence-electron chi connectivity index (χ4n) is 2.97. The molecule has 0 saturated carbocycles. The van der Waals surface area contributed by atoms with Gasteiger partial charge >= 0.3 is 5.97 Å². The predicted octanol–water partition coefficient (Wildman–Crippen LogP) is 2.19. The molecule has 9 heteroatoms. The van der Waals surface area contributed by atoms with Gasteiger partial charge < -0.3 is 14.1 Å². The molecule has 1 aliphatic heterocycles. The molecule has 4 heterocycles. The molecule has 3 aromatic rings. The summed E-state index contributed by atoms with van der Waals surface area (Å²) in [6, 6.07) is 8.79. The summed E-state index contributed by atoms with van der Waals surface area (Å²) in [5, 5.41) is 19.4. The number of nitrogens with zero attached hydrogens (tertiary/aromatic N) is 5. The van der Waals surface area contributed by atoms with Crippen molar-refractivity contribution in [1.82, 2.24) is 24.6 Å². The summed E-state index contributed by atoms with van der Waals surface area (Å²) >= 11 is 1.43. The maximum atomic E-state index is 11.7. The highest BCUT2D eigenvalue weighted by Crippen LogP contribution is 2.29. The Kier molecular flexibility index (Phi) is 4.48. The normalized spacial score (nSPS) is 17.2. The van der Waals surface area contributed by atoms with Gasteiger partial charge in [-0.25, -0.2) is 4.98 Å². The number of aromatic nitrogens is 4. The number of aliphatic carboxylic acids is 1. The Morgan fingerprint density at radius 3 is 3.00 bits per heavy atom. The molecule has 134 valence electrons. The lowest BCUT2D eigenvalue weighted by atomic mass is 10.2. The first-order valence-corrected chi connectivity index (χ1v) is 8.95. The molecule has 0 saturated heterocycles. The first-order valence-electron chi connectivity index (χ1n) is 8.13. The molecule has 0 bridgehead atoms. The molecule has 0 fully saturated rings. The van der Waals surface area contributed by atoms with Crippen molar-refractivity contribution < 1.29 is 14.3 Å². The highest BCUT2D eigenvalue weighted by Gasteiger charge is 2.33. The van der Waals surface area contributed by atoms with E-state index in [-0.39, 0.29) is 0 Å². The number of carbonyl (C=O) groups is 1. The van der Waals surface area contributed by atoms with Crippen molar-refractivity contribution in [2.75, 3.05) is 0 Å². The van der Waals surface area contributed by atoms with Crippen molar-refractivity contribution in [3.63, 3.8) is 0 Å². The number of aryl methyl sites for hydroxylation is 1. The molecule has 1 N–H and O–H groups in total.